The van der Waals surface area contributed by atoms with E-state index in [4.69, 9.17) is 0 Å². The Labute approximate surface area is 106 Å². The fourth-order valence-electron chi connectivity index (χ4n) is 1.35. The van der Waals surface area contributed by atoms with Crippen LogP contribution in [0, 0.1) is 11.6 Å². The molecule has 0 atom stereocenters. The Morgan fingerprint density at radius 3 is 2.11 bits per heavy atom. The van der Waals surface area contributed by atoms with Crippen molar-refractivity contribution in [2.45, 2.75) is 6.18 Å². The lowest BCUT2D eigenvalue weighted by Crippen LogP contribution is -2.08. The molecule has 1 heterocycles. The summed E-state index contributed by atoms with van der Waals surface area (Å²) in [5.41, 5.74) is -1.88. The zero-order chi connectivity index (χ0) is 13.5. The van der Waals surface area contributed by atoms with Gasteiger partial charge in [0.25, 0.3) is 0 Å². The highest BCUT2D eigenvalue weighted by Gasteiger charge is 2.34. The van der Waals surface area contributed by atoms with Crippen LogP contribution >= 0.6 is 15.9 Å². The van der Waals surface area contributed by atoms with Gasteiger partial charge < -0.3 is 0 Å². The molecule has 1 aromatic carbocycles. The van der Waals surface area contributed by atoms with Crippen LogP contribution in [0.25, 0.3) is 5.69 Å². The van der Waals surface area contributed by atoms with Crippen molar-refractivity contribution in [3.8, 4) is 5.69 Å². The van der Waals surface area contributed by atoms with E-state index < -0.39 is 29.2 Å². The molecule has 2 aromatic rings. The molecule has 0 unspecified atom stereocenters. The number of benzene rings is 1. The van der Waals surface area contributed by atoms with Crippen molar-refractivity contribution in [3.05, 3.63) is 46.2 Å². The lowest BCUT2D eigenvalue weighted by Gasteiger charge is -2.06. The van der Waals surface area contributed by atoms with Crippen LogP contribution in [0.2, 0.25) is 0 Å². The van der Waals surface area contributed by atoms with Gasteiger partial charge in [-0.1, -0.05) is 15.9 Å². The second kappa shape index (κ2) is 4.34. The summed E-state index contributed by atoms with van der Waals surface area (Å²) in [7, 11) is 0. The zero-order valence-electron chi connectivity index (χ0n) is 8.47. The maximum absolute atomic E-state index is 13.5. The third-order valence-corrected chi connectivity index (χ3v) is 2.55. The molecule has 2 nitrogen and oxygen atoms in total. The zero-order valence-corrected chi connectivity index (χ0v) is 10.1. The Kier molecular flexibility index (Phi) is 3.14. The molecule has 1 aromatic heterocycles. The van der Waals surface area contributed by atoms with Crippen molar-refractivity contribution >= 4 is 15.9 Å². The van der Waals surface area contributed by atoms with Gasteiger partial charge in [0.15, 0.2) is 17.3 Å². The van der Waals surface area contributed by atoms with E-state index >= 15 is 0 Å². The first-order valence-electron chi connectivity index (χ1n) is 4.57. The first-order valence-corrected chi connectivity index (χ1v) is 5.36. The van der Waals surface area contributed by atoms with E-state index in [1.807, 2.05) is 0 Å². The van der Waals surface area contributed by atoms with Gasteiger partial charge in [-0.15, -0.1) is 0 Å². The second-order valence-corrected chi connectivity index (χ2v) is 4.28. The first kappa shape index (κ1) is 13.0. The van der Waals surface area contributed by atoms with Gasteiger partial charge in [-0.05, 0) is 18.2 Å². The minimum atomic E-state index is -4.66. The normalized spacial score (nSPS) is 11.9. The summed E-state index contributed by atoms with van der Waals surface area (Å²) in [6.07, 6.45) is -3.81. The monoisotopic (exact) mass is 326 g/mol. The van der Waals surface area contributed by atoms with Crippen LogP contribution in [-0.4, -0.2) is 9.78 Å². The smallest absolute Gasteiger partial charge is 0.234 e. The van der Waals surface area contributed by atoms with Gasteiger partial charge in [0.05, 0.1) is 0 Å². The molecule has 0 fully saturated rings. The molecule has 0 aliphatic heterocycles. The SMILES string of the molecule is Fc1cc(Br)cc(F)c1-n1ccc(C(F)(F)F)n1. The lowest BCUT2D eigenvalue weighted by molar-refractivity contribution is -0.141. The number of hydrogen-bond acceptors (Lipinski definition) is 1. The number of nitrogens with zero attached hydrogens (tertiary/aromatic N) is 2. The molecule has 0 spiro atoms. The lowest BCUT2D eigenvalue weighted by atomic mass is 10.3. The molecule has 0 radical (unpaired) electrons. The van der Waals surface area contributed by atoms with E-state index in [1.165, 1.54) is 0 Å². The van der Waals surface area contributed by atoms with Crippen molar-refractivity contribution in [2.24, 2.45) is 0 Å². The second-order valence-electron chi connectivity index (χ2n) is 3.36. The molecule has 0 saturated carbocycles. The van der Waals surface area contributed by atoms with Crippen LogP contribution in [0.3, 0.4) is 0 Å². The third-order valence-electron chi connectivity index (χ3n) is 2.09. The molecule has 2 rings (SSSR count). The summed E-state index contributed by atoms with van der Waals surface area (Å²) in [6, 6.07) is 2.52. The Morgan fingerprint density at radius 2 is 1.67 bits per heavy atom. The minimum Gasteiger partial charge on any atom is -0.234 e. The first-order chi connectivity index (χ1) is 8.29. The van der Waals surface area contributed by atoms with Crippen LogP contribution in [-0.2, 0) is 6.18 Å². The predicted molar refractivity (Wildman–Crippen MR) is 56.2 cm³/mol. The maximum atomic E-state index is 13.5. The molecule has 18 heavy (non-hydrogen) atoms. The molecule has 0 saturated heterocycles. The summed E-state index contributed by atoms with van der Waals surface area (Å²) in [5.74, 6) is -2.03. The highest BCUT2D eigenvalue weighted by molar-refractivity contribution is 9.10. The molecular weight excluding hydrogens is 323 g/mol. The Balaban J connectivity index is 2.53. The van der Waals surface area contributed by atoms with Gasteiger partial charge in [0.1, 0.15) is 5.69 Å². The molecule has 0 N–H and O–H groups in total. The van der Waals surface area contributed by atoms with Gasteiger partial charge in [-0.2, -0.15) is 18.3 Å². The number of alkyl halides is 3. The van der Waals surface area contributed by atoms with Crippen molar-refractivity contribution < 1.29 is 22.0 Å². The van der Waals surface area contributed by atoms with Crippen molar-refractivity contribution in [1.29, 1.82) is 0 Å². The number of halogens is 6. The average molecular weight is 327 g/mol. The maximum Gasteiger partial charge on any atom is 0.435 e. The highest BCUT2D eigenvalue weighted by atomic mass is 79.9. The van der Waals surface area contributed by atoms with E-state index in [0.29, 0.717) is 10.7 Å². The minimum absolute atomic E-state index is 0.143. The molecule has 0 aliphatic rings. The summed E-state index contributed by atoms with van der Waals surface area (Å²) < 4.78 is 64.6. The standard InChI is InChI=1S/C10H4BrF5N2/c11-5-3-6(12)9(7(13)4-5)18-2-1-8(17-18)10(14,15)16/h1-4H. The van der Waals surface area contributed by atoms with Crippen LogP contribution in [0.5, 0.6) is 0 Å². The molecule has 96 valence electrons. The van der Waals surface area contributed by atoms with Crippen LogP contribution in [0.1, 0.15) is 5.69 Å². The molecule has 0 amide bonds. The fraction of sp³-hybridized carbons (Fsp3) is 0.100. The van der Waals surface area contributed by atoms with Gasteiger partial charge in [0, 0.05) is 10.7 Å². The van der Waals surface area contributed by atoms with Crippen molar-refractivity contribution in [3.63, 3.8) is 0 Å². The third kappa shape index (κ3) is 2.38. The van der Waals surface area contributed by atoms with Crippen LogP contribution < -0.4 is 0 Å². The summed E-state index contributed by atoms with van der Waals surface area (Å²) in [4.78, 5) is 0. The van der Waals surface area contributed by atoms with Crippen molar-refractivity contribution in [2.75, 3.05) is 0 Å². The number of rotatable bonds is 1. The van der Waals surface area contributed by atoms with Gasteiger partial charge in [0.2, 0.25) is 0 Å². The average Bonchev–Trinajstić information content (AvgIpc) is 2.64. The molecule has 0 bridgehead atoms. The van der Waals surface area contributed by atoms with E-state index in [2.05, 4.69) is 21.0 Å². The molecule has 8 heteroatoms. The predicted octanol–water partition coefficient (Wildman–Crippen LogP) is 3.93. The molecular formula is C10H4BrF5N2. The highest BCUT2D eigenvalue weighted by Crippen LogP contribution is 2.29. The van der Waals surface area contributed by atoms with Gasteiger partial charge in [-0.25, -0.2) is 13.5 Å². The quantitative estimate of drug-likeness (QED) is 0.726. The van der Waals surface area contributed by atoms with E-state index in [9.17, 15) is 22.0 Å². The van der Waals surface area contributed by atoms with Crippen molar-refractivity contribution in [1.82, 2.24) is 9.78 Å². The Bertz CT molecular complexity index is 567. The number of aromatic nitrogens is 2. The Hall–Kier alpha value is -1.44. The summed E-state index contributed by atoms with van der Waals surface area (Å²) in [5, 5.41) is 3.10. The fourth-order valence-corrected chi connectivity index (χ4v) is 1.76. The summed E-state index contributed by atoms with van der Waals surface area (Å²) in [6.45, 7) is 0. The number of hydrogen-bond donors (Lipinski definition) is 0. The Morgan fingerprint density at radius 1 is 1.11 bits per heavy atom. The largest absolute Gasteiger partial charge is 0.435 e. The van der Waals surface area contributed by atoms with Gasteiger partial charge in [-0.3, -0.25) is 0 Å². The van der Waals surface area contributed by atoms with Crippen LogP contribution in [0.4, 0.5) is 22.0 Å². The van der Waals surface area contributed by atoms with Gasteiger partial charge >= 0.3 is 6.18 Å². The van der Waals surface area contributed by atoms with Crippen LogP contribution in [0.15, 0.2) is 28.9 Å². The summed E-state index contributed by atoms with van der Waals surface area (Å²) >= 11 is 2.87. The van der Waals surface area contributed by atoms with E-state index in [1.54, 1.807) is 0 Å². The van der Waals surface area contributed by atoms with E-state index in [-0.39, 0.29) is 4.47 Å². The topological polar surface area (TPSA) is 17.8 Å². The van der Waals surface area contributed by atoms with E-state index in [0.717, 1.165) is 18.3 Å². The molecule has 0 aliphatic carbocycles.